The van der Waals surface area contributed by atoms with Gasteiger partial charge in [-0.2, -0.15) is 0 Å². The molecule has 3 aromatic carbocycles. The average molecular weight is 1330 g/mol. The van der Waals surface area contributed by atoms with Crippen LogP contribution in [0.3, 0.4) is 0 Å². The maximum absolute atomic E-state index is 14.2. The van der Waals surface area contributed by atoms with Gasteiger partial charge in [0.05, 0.1) is 18.2 Å². The molecular weight excluding hydrogens is 1270 g/mol. The quantitative estimate of drug-likeness (QED) is 0.00751. The van der Waals surface area contributed by atoms with Gasteiger partial charge in [0.25, 0.3) is 0 Å². The number of fused-ring (bicyclic) bond motifs is 1. The summed E-state index contributed by atoms with van der Waals surface area (Å²) < 4.78 is 61.6. The molecule has 0 amide bonds. The largest absolute Gasteiger partial charge is 0.510 e. The van der Waals surface area contributed by atoms with Gasteiger partial charge in [0.2, 0.25) is 25.3 Å². The number of benzene rings is 4. The second-order valence-electron chi connectivity index (χ2n) is 20.8. The van der Waals surface area contributed by atoms with Crippen LogP contribution in [0.25, 0.3) is 34.8 Å². The van der Waals surface area contributed by atoms with Crippen LogP contribution in [0.2, 0.25) is 0 Å². The number of aliphatic hydroxyl groups excluding tert-OH is 9. The zero-order valence-electron chi connectivity index (χ0n) is 47.7. The number of carbonyl (C=O) groups excluding carboxylic acids is 4. The zero-order valence-corrected chi connectivity index (χ0v) is 47.7. The van der Waals surface area contributed by atoms with Crippen LogP contribution in [0.15, 0.2) is 88.1 Å². The first-order valence-electron chi connectivity index (χ1n) is 27.4. The highest BCUT2D eigenvalue weighted by Crippen LogP contribution is 2.45. The van der Waals surface area contributed by atoms with Gasteiger partial charge in [-0.15, -0.1) is 0 Å². The number of carbonyl (C=O) groups is 5. The molecule has 36 nitrogen and oxygen atoms in total. The number of carboxylic acid groups (broad SMARTS) is 2. The van der Waals surface area contributed by atoms with Gasteiger partial charge in [-0.25, -0.2) is 14.4 Å². The van der Waals surface area contributed by atoms with Crippen LogP contribution >= 0.6 is 0 Å². The normalized spacial score (nSPS) is 26.8. The number of esters is 4. The average Bonchev–Trinajstić information content (AvgIpc) is 0.768. The fraction of sp³-hybridized carbons (Fsp3) is 0.362. The van der Waals surface area contributed by atoms with Crippen molar-refractivity contribution in [2.24, 2.45) is 0 Å². The van der Waals surface area contributed by atoms with E-state index in [2.05, 4.69) is 4.74 Å². The van der Waals surface area contributed by atoms with Gasteiger partial charge in [-0.05, 0) is 65.7 Å². The van der Waals surface area contributed by atoms with Crippen molar-refractivity contribution in [1.82, 2.24) is 0 Å². The minimum atomic E-state index is -2.81. The summed E-state index contributed by atoms with van der Waals surface area (Å²) in [6.07, 6.45) is -34.6. The highest BCUT2D eigenvalue weighted by molar-refractivity contribution is 5.93. The van der Waals surface area contributed by atoms with E-state index in [-0.39, 0.29) is 5.56 Å². The third kappa shape index (κ3) is 16.3. The first-order valence-corrected chi connectivity index (χ1v) is 27.4. The number of hydrogen-bond donors (Lipinski definition) is 18. The Kier molecular flexibility index (Phi) is 22.2. The molecule has 94 heavy (non-hydrogen) atoms. The minimum absolute atomic E-state index is 0.114. The Morgan fingerprint density at radius 1 is 0.574 bits per heavy atom. The Morgan fingerprint density at radius 3 is 1.73 bits per heavy atom. The number of aliphatic carboxylic acids is 2. The van der Waals surface area contributed by atoms with E-state index >= 15 is 0 Å². The lowest BCUT2D eigenvalue weighted by Crippen LogP contribution is -2.65. The Bertz CT molecular complexity index is 3670. The lowest BCUT2D eigenvalue weighted by atomic mass is 9.97. The van der Waals surface area contributed by atoms with Crippen LogP contribution in [0.1, 0.15) is 17.5 Å². The van der Waals surface area contributed by atoms with Gasteiger partial charge in [0.1, 0.15) is 79.5 Å². The molecule has 4 aliphatic heterocycles. The summed E-state index contributed by atoms with van der Waals surface area (Å²) in [7, 11) is 0. The van der Waals surface area contributed by atoms with E-state index in [1.54, 1.807) is 0 Å². The van der Waals surface area contributed by atoms with Crippen LogP contribution in [-0.4, -0.2) is 257 Å². The van der Waals surface area contributed by atoms with E-state index in [9.17, 15) is 120 Å². The summed E-state index contributed by atoms with van der Waals surface area (Å²) in [5, 5.41) is 187. The lowest BCUT2D eigenvalue weighted by Gasteiger charge is -2.46. The fourth-order valence-electron chi connectivity index (χ4n) is 9.31. The molecule has 3 fully saturated rings. The number of rotatable bonds is 23. The first kappa shape index (κ1) is 69.9. The SMILES string of the molecule is O=C(C=Cc1ccc(O)c(O)c1)O[C@H]1[C@H](O[C@H]2[C@H](Oc3cc4c(=O)cc(O[C@@H]5O[C@H](COC(=[OH+])C=Cc6ccc(O)c(O)c6)[C@@H](O)[C@H](O)[C@H]5O)cc-4oc3-c3cc(O)c(O)c(O)c3)O[C@H](COC(=O)CC(=O)OC(C(=O)O)C(O)C(=O)O)[C@H](O)[C@@H]2O)O[C@H](CO)[C@@H](O)[C@@H]1O. The predicted molar refractivity (Wildman–Crippen MR) is 300 cm³/mol. The van der Waals surface area contributed by atoms with Crippen molar-refractivity contribution in [1.29, 1.82) is 0 Å². The molecule has 0 bridgehead atoms. The van der Waals surface area contributed by atoms with E-state index < -0.39 is 246 Å². The number of aromatic hydroxyl groups is 7. The van der Waals surface area contributed by atoms with Crippen LogP contribution in [0.5, 0.6) is 51.7 Å². The third-order valence-electron chi connectivity index (χ3n) is 14.3. The summed E-state index contributed by atoms with van der Waals surface area (Å²) in [6, 6.07) is 11.2. The number of phenols is 7. The smallest absolute Gasteiger partial charge is 0.504 e. The molecule has 36 heteroatoms. The van der Waals surface area contributed by atoms with Gasteiger partial charge in [-0.3, -0.25) is 14.4 Å². The Balaban J connectivity index is 1.13. The second-order valence-corrected chi connectivity index (χ2v) is 20.8. The summed E-state index contributed by atoms with van der Waals surface area (Å²) >= 11 is 0. The van der Waals surface area contributed by atoms with E-state index in [1.807, 2.05) is 0 Å². The molecule has 5 aliphatic rings. The zero-order chi connectivity index (χ0) is 68.7. The van der Waals surface area contributed by atoms with Crippen molar-refractivity contribution in [2.45, 2.75) is 111 Å². The van der Waals surface area contributed by atoms with Crippen molar-refractivity contribution in [3.63, 3.8) is 0 Å². The third-order valence-corrected chi connectivity index (χ3v) is 14.3. The summed E-state index contributed by atoms with van der Waals surface area (Å²) in [5.74, 6) is -17.3. The molecule has 17 atom stereocenters. The Labute approximate surface area is 524 Å². The van der Waals surface area contributed by atoms with Gasteiger partial charge < -0.3 is 148 Å². The molecule has 506 valence electrons. The maximum Gasteiger partial charge on any atom is 0.510 e. The van der Waals surface area contributed by atoms with E-state index in [1.165, 1.54) is 24.3 Å². The van der Waals surface area contributed by atoms with Gasteiger partial charge in [-0.1, -0.05) is 12.1 Å². The Hall–Kier alpha value is -9.93. The first-order chi connectivity index (χ1) is 44.4. The molecule has 0 aromatic heterocycles. The van der Waals surface area contributed by atoms with Crippen molar-refractivity contribution in [3.05, 3.63) is 100 Å². The highest BCUT2D eigenvalue weighted by Gasteiger charge is 2.54. The van der Waals surface area contributed by atoms with Crippen LogP contribution < -0.4 is 14.9 Å². The molecule has 1 aliphatic carbocycles. The van der Waals surface area contributed by atoms with Crippen LogP contribution in [-0.2, 0) is 61.9 Å². The van der Waals surface area contributed by atoms with Crippen molar-refractivity contribution in [3.8, 4) is 74.4 Å². The van der Waals surface area contributed by atoms with E-state index in [4.69, 9.17) is 52.2 Å². The molecule has 0 spiro atoms. The van der Waals surface area contributed by atoms with E-state index in [0.717, 1.165) is 66.8 Å². The standard InChI is InChI=1S/C58H58O36/c59-17-34-42(72)46(76)52(92-38(68)8-4-21-2-6-26(61)29(64)10-21)58(89-34)94-53-47(77)44(74)36(19-85-39(69)16-40(70)93-51(55(82)83)49(79)54(80)81)91-57(53)88-33-15-24-27(62)13-23(14-32(24)87-50(33)22-11-30(65)41(71)31(66)12-22)86-56-48(78)45(75)43(73)35(90-56)18-84-37(67)7-3-20-1-5-25(60)28(63)9-20/h1-15,34-36,42-49,51-53,56-61,63-66,71-79H,16-19H2,(H,80,81)(H,82,83)/p+1/t34-,35-,36-,42-,43-,44+,45+,46+,47+,48-,49?,51?,52-,53-,56-,57-,58+/m1/s1. The number of hydrogen-bond acceptors (Lipinski definition) is 33. The number of ether oxygens (including phenoxy) is 10. The van der Waals surface area contributed by atoms with Gasteiger partial charge >= 0.3 is 35.8 Å². The molecule has 0 saturated carbocycles. The molecule has 2 unspecified atom stereocenters. The second kappa shape index (κ2) is 29.8. The van der Waals surface area contributed by atoms with Gasteiger partial charge in [0, 0.05) is 23.8 Å². The minimum Gasteiger partial charge on any atom is -0.504 e. The lowest BCUT2D eigenvalue weighted by molar-refractivity contribution is -0.358. The topological polar surface area (TPSA) is 593 Å². The van der Waals surface area contributed by atoms with Crippen LogP contribution in [0.4, 0.5) is 0 Å². The number of phenolic OH excluding ortho intramolecular Hbond substituents is 7. The van der Waals surface area contributed by atoms with Crippen LogP contribution in [0, 0.1) is 0 Å². The molecule has 19 N–H and O–H groups in total. The van der Waals surface area contributed by atoms with Crippen molar-refractivity contribution < 1.29 is 172 Å². The van der Waals surface area contributed by atoms with Crippen molar-refractivity contribution in [2.75, 3.05) is 19.8 Å². The summed E-state index contributed by atoms with van der Waals surface area (Å²) in [6.45, 7) is -3.01. The molecule has 3 aromatic rings. The summed E-state index contributed by atoms with van der Waals surface area (Å²) in [5.41, 5.74) is -1.57. The molecular formula is C58H59O36+. The molecule has 8 rings (SSSR count). The predicted octanol–water partition coefficient (Wildman–Crippen LogP) is -3.58. The molecule has 3 saturated heterocycles. The Morgan fingerprint density at radius 2 is 1.14 bits per heavy atom. The number of carboxylic acids is 2. The maximum atomic E-state index is 14.2. The number of aliphatic hydroxyl groups is 9. The molecule has 4 heterocycles. The van der Waals surface area contributed by atoms with Crippen molar-refractivity contribution >= 4 is 48.0 Å². The molecule has 0 radical (unpaired) electrons. The van der Waals surface area contributed by atoms with E-state index in [0.29, 0.717) is 5.56 Å². The monoisotopic (exact) mass is 1330 g/mol. The highest BCUT2D eigenvalue weighted by atomic mass is 16.8. The fourth-order valence-corrected chi connectivity index (χ4v) is 9.31. The van der Waals surface area contributed by atoms with Gasteiger partial charge in [0.15, 0.2) is 87.9 Å². The summed E-state index contributed by atoms with van der Waals surface area (Å²) in [4.78, 5) is 86.1.